The zero-order valence-electron chi connectivity index (χ0n) is 11.8. The van der Waals surface area contributed by atoms with Gasteiger partial charge in [0.2, 0.25) is 0 Å². The molecule has 5 nitrogen and oxygen atoms in total. The van der Waals surface area contributed by atoms with E-state index >= 15 is 0 Å². The van der Waals surface area contributed by atoms with Crippen molar-refractivity contribution < 1.29 is 4.79 Å². The molecule has 0 aliphatic rings. The molecule has 2 aromatic rings. The Hall–Kier alpha value is -2.17. The van der Waals surface area contributed by atoms with Gasteiger partial charge in [-0.1, -0.05) is 32.0 Å². The summed E-state index contributed by atoms with van der Waals surface area (Å²) in [6, 6.07) is 7.11. The maximum absolute atomic E-state index is 12.3. The minimum Gasteiger partial charge on any atom is -0.351 e. The molecule has 1 amide bonds. The van der Waals surface area contributed by atoms with Gasteiger partial charge in [0.1, 0.15) is 0 Å². The van der Waals surface area contributed by atoms with Crippen molar-refractivity contribution in [2.45, 2.75) is 33.2 Å². The number of amides is 1. The third kappa shape index (κ3) is 2.71. The van der Waals surface area contributed by atoms with E-state index in [-0.39, 0.29) is 11.5 Å². The molecule has 0 saturated carbocycles. The molecule has 0 unspecified atom stereocenters. The molecule has 1 aromatic heterocycles. The maximum Gasteiger partial charge on any atom is 0.274 e. The highest BCUT2D eigenvalue weighted by atomic mass is 16.2. The standard InChI is InChI=1S/C15H19N3O2/c1-3-9-16-14(19)13-11-7-5-6-8-12(11)15(20)18(17-13)10-4-2/h5-8H,3-4,9-10H2,1-2H3,(H,16,19). The average molecular weight is 273 g/mol. The summed E-state index contributed by atoms with van der Waals surface area (Å²) < 4.78 is 1.38. The molecule has 0 aliphatic heterocycles. The Labute approximate surface area is 117 Å². The number of nitrogens with one attached hydrogen (secondary N) is 1. The minimum absolute atomic E-state index is 0.144. The van der Waals surface area contributed by atoms with Crippen molar-refractivity contribution in [1.82, 2.24) is 15.1 Å². The van der Waals surface area contributed by atoms with Crippen LogP contribution in [0.4, 0.5) is 0 Å². The van der Waals surface area contributed by atoms with Gasteiger partial charge in [-0.3, -0.25) is 9.59 Å². The molecular weight excluding hydrogens is 254 g/mol. The van der Waals surface area contributed by atoms with Crippen LogP contribution in [-0.4, -0.2) is 22.2 Å². The predicted octanol–water partition coefficient (Wildman–Crippen LogP) is 1.95. The second-order valence-electron chi connectivity index (χ2n) is 4.68. The summed E-state index contributed by atoms with van der Waals surface area (Å²) in [5.74, 6) is -0.229. The van der Waals surface area contributed by atoms with E-state index in [1.807, 2.05) is 19.9 Å². The predicted molar refractivity (Wildman–Crippen MR) is 78.9 cm³/mol. The minimum atomic E-state index is -0.229. The van der Waals surface area contributed by atoms with E-state index in [4.69, 9.17) is 0 Å². The van der Waals surface area contributed by atoms with Crippen LogP contribution in [0.15, 0.2) is 29.1 Å². The van der Waals surface area contributed by atoms with Crippen LogP contribution in [0, 0.1) is 0 Å². The quantitative estimate of drug-likeness (QED) is 0.905. The van der Waals surface area contributed by atoms with E-state index in [1.54, 1.807) is 18.2 Å². The summed E-state index contributed by atoms with van der Waals surface area (Å²) in [6.45, 7) is 5.07. The van der Waals surface area contributed by atoms with Crippen LogP contribution in [0.5, 0.6) is 0 Å². The lowest BCUT2D eigenvalue weighted by Crippen LogP contribution is -2.31. The van der Waals surface area contributed by atoms with Gasteiger partial charge in [0.25, 0.3) is 11.5 Å². The third-order valence-electron chi connectivity index (χ3n) is 3.05. The molecular formula is C15H19N3O2. The number of nitrogens with zero attached hydrogens (tertiary/aromatic N) is 2. The molecule has 0 bridgehead atoms. The van der Waals surface area contributed by atoms with Crippen LogP contribution in [0.25, 0.3) is 10.8 Å². The van der Waals surface area contributed by atoms with E-state index in [9.17, 15) is 9.59 Å². The van der Waals surface area contributed by atoms with Crippen molar-refractivity contribution in [3.8, 4) is 0 Å². The zero-order valence-corrected chi connectivity index (χ0v) is 11.8. The fraction of sp³-hybridized carbons (Fsp3) is 0.400. The monoisotopic (exact) mass is 273 g/mol. The highest BCUT2D eigenvalue weighted by Gasteiger charge is 2.15. The van der Waals surface area contributed by atoms with Crippen molar-refractivity contribution in [2.75, 3.05) is 6.54 Å². The molecule has 0 radical (unpaired) electrons. The molecule has 0 saturated heterocycles. The highest BCUT2D eigenvalue weighted by molar-refractivity contribution is 6.04. The number of aromatic nitrogens is 2. The van der Waals surface area contributed by atoms with Gasteiger partial charge in [0.15, 0.2) is 5.69 Å². The number of benzene rings is 1. The lowest BCUT2D eigenvalue weighted by Gasteiger charge is -2.10. The Morgan fingerprint density at radius 2 is 1.90 bits per heavy atom. The Balaban J connectivity index is 2.60. The zero-order chi connectivity index (χ0) is 14.5. The number of aryl methyl sites for hydroxylation is 1. The first-order chi connectivity index (χ1) is 9.69. The summed E-state index contributed by atoms with van der Waals surface area (Å²) in [4.78, 5) is 24.5. The van der Waals surface area contributed by atoms with Crippen LogP contribution in [-0.2, 0) is 6.54 Å². The SMILES string of the molecule is CCCNC(=O)c1nn(CCC)c(=O)c2ccccc12. The summed E-state index contributed by atoms with van der Waals surface area (Å²) in [5.41, 5.74) is 0.177. The average Bonchev–Trinajstić information content (AvgIpc) is 2.48. The van der Waals surface area contributed by atoms with Crippen LogP contribution >= 0.6 is 0 Å². The Bertz CT molecular complexity index is 676. The van der Waals surface area contributed by atoms with E-state index in [2.05, 4.69) is 10.4 Å². The van der Waals surface area contributed by atoms with Gasteiger partial charge in [-0.05, 0) is 18.9 Å². The largest absolute Gasteiger partial charge is 0.351 e. The fourth-order valence-electron chi connectivity index (χ4n) is 2.09. The summed E-state index contributed by atoms with van der Waals surface area (Å²) >= 11 is 0. The van der Waals surface area contributed by atoms with Crippen molar-refractivity contribution >= 4 is 16.7 Å². The van der Waals surface area contributed by atoms with Gasteiger partial charge in [0, 0.05) is 18.5 Å². The topological polar surface area (TPSA) is 64.0 Å². The first-order valence-corrected chi connectivity index (χ1v) is 6.97. The fourth-order valence-corrected chi connectivity index (χ4v) is 2.09. The number of hydrogen-bond donors (Lipinski definition) is 1. The van der Waals surface area contributed by atoms with E-state index in [1.165, 1.54) is 4.68 Å². The first-order valence-electron chi connectivity index (χ1n) is 6.97. The molecule has 0 aliphatic carbocycles. The van der Waals surface area contributed by atoms with Gasteiger partial charge in [-0.2, -0.15) is 5.10 Å². The number of carbonyl (C=O) groups is 1. The van der Waals surface area contributed by atoms with Gasteiger partial charge in [-0.15, -0.1) is 0 Å². The van der Waals surface area contributed by atoms with Crippen LogP contribution < -0.4 is 10.9 Å². The van der Waals surface area contributed by atoms with E-state index in [0.29, 0.717) is 29.6 Å². The van der Waals surface area contributed by atoms with Gasteiger partial charge >= 0.3 is 0 Å². The molecule has 1 aromatic carbocycles. The number of fused-ring (bicyclic) bond motifs is 1. The lowest BCUT2D eigenvalue weighted by molar-refractivity contribution is 0.0948. The molecule has 1 heterocycles. The lowest BCUT2D eigenvalue weighted by atomic mass is 10.1. The normalized spacial score (nSPS) is 10.7. The number of rotatable bonds is 5. The van der Waals surface area contributed by atoms with Crippen molar-refractivity contribution in [3.63, 3.8) is 0 Å². The molecule has 0 fully saturated rings. The Kier molecular flexibility index (Phi) is 4.50. The molecule has 1 N–H and O–H groups in total. The van der Waals surface area contributed by atoms with Crippen molar-refractivity contribution in [1.29, 1.82) is 0 Å². The molecule has 2 rings (SSSR count). The number of carbonyl (C=O) groups excluding carboxylic acids is 1. The highest BCUT2D eigenvalue weighted by Crippen LogP contribution is 2.13. The smallest absolute Gasteiger partial charge is 0.274 e. The van der Waals surface area contributed by atoms with Crippen molar-refractivity contribution in [2.24, 2.45) is 0 Å². The molecule has 5 heteroatoms. The third-order valence-corrected chi connectivity index (χ3v) is 3.05. The first kappa shape index (κ1) is 14.2. The van der Waals surface area contributed by atoms with Crippen LogP contribution in [0.1, 0.15) is 37.2 Å². The van der Waals surface area contributed by atoms with E-state index in [0.717, 1.165) is 12.8 Å². The van der Waals surface area contributed by atoms with Gasteiger partial charge in [0.05, 0.1) is 5.39 Å². The maximum atomic E-state index is 12.3. The number of hydrogen-bond acceptors (Lipinski definition) is 3. The second kappa shape index (κ2) is 6.32. The Morgan fingerprint density at radius 1 is 1.20 bits per heavy atom. The molecule has 106 valence electrons. The van der Waals surface area contributed by atoms with Crippen molar-refractivity contribution in [3.05, 3.63) is 40.3 Å². The summed E-state index contributed by atoms with van der Waals surface area (Å²) in [5, 5.41) is 8.20. The summed E-state index contributed by atoms with van der Waals surface area (Å²) in [7, 11) is 0. The molecule has 0 atom stereocenters. The van der Waals surface area contributed by atoms with Gasteiger partial charge < -0.3 is 5.32 Å². The van der Waals surface area contributed by atoms with E-state index < -0.39 is 0 Å². The molecule has 0 spiro atoms. The molecule has 20 heavy (non-hydrogen) atoms. The second-order valence-corrected chi connectivity index (χ2v) is 4.68. The Morgan fingerprint density at radius 3 is 2.55 bits per heavy atom. The van der Waals surface area contributed by atoms with Crippen LogP contribution in [0.2, 0.25) is 0 Å². The summed E-state index contributed by atoms with van der Waals surface area (Å²) in [6.07, 6.45) is 1.65. The van der Waals surface area contributed by atoms with Crippen LogP contribution in [0.3, 0.4) is 0 Å². The van der Waals surface area contributed by atoms with Gasteiger partial charge in [-0.25, -0.2) is 4.68 Å².